The molecule has 4 aromatic carbocycles. The molecule has 0 atom stereocenters. The Kier molecular flexibility index (Phi) is 7.05. The van der Waals surface area contributed by atoms with E-state index in [1.54, 1.807) is 0 Å². The normalized spacial score (nSPS) is 14.7. The van der Waals surface area contributed by atoms with E-state index in [1.165, 1.54) is 62.7 Å². The molecule has 0 spiro atoms. The van der Waals surface area contributed by atoms with Gasteiger partial charge in [0, 0.05) is 9.75 Å². The average molecular weight is 635 g/mol. The summed E-state index contributed by atoms with van der Waals surface area (Å²) < 4.78 is 0. The number of thiophene rings is 2. The summed E-state index contributed by atoms with van der Waals surface area (Å²) in [6.45, 7) is 0. The molecule has 0 saturated heterocycles. The van der Waals surface area contributed by atoms with Gasteiger partial charge in [-0.1, -0.05) is 97.1 Å². The van der Waals surface area contributed by atoms with E-state index in [0.29, 0.717) is 0 Å². The highest BCUT2D eigenvalue weighted by molar-refractivity contribution is 8.32. The summed E-state index contributed by atoms with van der Waals surface area (Å²) in [5, 5.41) is 0. The average Bonchev–Trinajstić information content (AvgIpc) is 3.69. The van der Waals surface area contributed by atoms with Crippen LogP contribution in [0.4, 0.5) is 0 Å². The molecule has 2 heterocycles. The second kappa shape index (κ2) is 10.6. The van der Waals surface area contributed by atoms with Crippen molar-refractivity contribution in [3.63, 3.8) is 0 Å². The van der Waals surface area contributed by atoms with Crippen LogP contribution in [0.15, 0.2) is 131 Å². The monoisotopic (exact) mass is 634 g/mol. The molecule has 0 N–H and O–H groups in total. The first-order chi connectivity index (χ1) is 20.6. The second-order valence-electron chi connectivity index (χ2n) is 12.9. The molecule has 0 amide bonds. The molecule has 0 aliphatic heterocycles. The van der Waals surface area contributed by atoms with Gasteiger partial charge in [0.05, 0.1) is 15.2 Å². The van der Waals surface area contributed by atoms with Crippen LogP contribution in [0.3, 0.4) is 0 Å². The zero-order valence-corrected chi connectivity index (χ0v) is 28.9. The summed E-state index contributed by atoms with van der Waals surface area (Å²) in [4.78, 5) is 8.45. The van der Waals surface area contributed by atoms with Gasteiger partial charge in [-0.2, -0.15) is 0 Å². The van der Waals surface area contributed by atoms with Crippen molar-refractivity contribution in [3.8, 4) is 30.6 Å². The molecular formula is C39H38S4. The molecule has 0 saturated carbocycles. The molecule has 2 aromatic heterocycles. The van der Waals surface area contributed by atoms with Crippen molar-refractivity contribution in [3.05, 3.63) is 144 Å². The maximum absolute atomic E-state index is 2.51. The first-order valence-electron chi connectivity index (χ1n) is 14.5. The number of rotatable bonds is 6. The van der Waals surface area contributed by atoms with Crippen LogP contribution < -0.4 is 0 Å². The highest BCUT2D eigenvalue weighted by atomic mass is 32.3. The van der Waals surface area contributed by atoms with Gasteiger partial charge in [0.2, 0.25) is 0 Å². The fourth-order valence-corrected chi connectivity index (χ4v) is 10.8. The van der Waals surface area contributed by atoms with Gasteiger partial charge in [-0.25, -0.2) is 20.1 Å². The first kappa shape index (κ1) is 28.7. The Hall–Kier alpha value is -3.02. The fourth-order valence-electron chi connectivity index (χ4n) is 6.33. The van der Waals surface area contributed by atoms with Gasteiger partial charge in [0.1, 0.15) is 0 Å². The minimum Gasteiger partial charge on any atom is -0.223 e. The van der Waals surface area contributed by atoms with E-state index in [0.717, 1.165) is 0 Å². The van der Waals surface area contributed by atoms with Crippen LogP contribution in [0.25, 0.3) is 30.6 Å². The Bertz CT molecular complexity index is 1790. The zero-order valence-electron chi connectivity index (χ0n) is 25.7. The SMILES string of the molecule is CS(C)(C)c1cccc(-c2cc3c(s2)-c2sc(-c4cccc(S(C)(C)C)c4)cc2C3(c2ccccc2)c2ccccc2)c1. The van der Waals surface area contributed by atoms with Crippen molar-refractivity contribution in [1.82, 2.24) is 0 Å². The van der Waals surface area contributed by atoms with E-state index in [1.807, 2.05) is 22.7 Å². The van der Waals surface area contributed by atoms with E-state index in [-0.39, 0.29) is 5.41 Å². The summed E-state index contributed by atoms with van der Waals surface area (Å²) in [7, 11) is -1.64. The van der Waals surface area contributed by atoms with Crippen LogP contribution in [-0.2, 0) is 5.41 Å². The van der Waals surface area contributed by atoms with Gasteiger partial charge < -0.3 is 0 Å². The zero-order chi connectivity index (χ0) is 30.0. The van der Waals surface area contributed by atoms with E-state index in [4.69, 9.17) is 0 Å². The summed E-state index contributed by atoms with van der Waals surface area (Å²) in [6.07, 6.45) is 14.3. The Balaban J connectivity index is 1.51. The van der Waals surface area contributed by atoms with Crippen LogP contribution in [0.5, 0.6) is 0 Å². The van der Waals surface area contributed by atoms with Crippen LogP contribution >= 0.6 is 42.7 Å². The maximum atomic E-state index is 2.51. The molecule has 0 bridgehead atoms. The number of hydrogen-bond acceptors (Lipinski definition) is 2. The molecule has 0 unspecified atom stereocenters. The number of fused-ring (bicyclic) bond motifs is 3. The Morgan fingerprint density at radius 2 is 0.837 bits per heavy atom. The van der Waals surface area contributed by atoms with Crippen molar-refractivity contribution < 1.29 is 0 Å². The van der Waals surface area contributed by atoms with Crippen LogP contribution in [0, 0.1) is 0 Å². The minimum atomic E-state index is -0.819. The third kappa shape index (κ3) is 4.84. The smallest absolute Gasteiger partial charge is 0.0730 e. The molecule has 4 heteroatoms. The lowest BCUT2D eigenvalue weighted by molar-refractivity contribution is 0.772. The van der Waals surface area contributed by atoms with Gasteiger partial charge in [-0.05, 0) is 105 Å². The molecule has 0 nitrogen and oxygen atoms in total. The topological polar surface area (TPSA) is 0 Å². The summed E-state index contributed by atoms with van der Waals surface area (Å²) in [5.41, 5.74) is 7.78. The predicted molar refractivity (Wildman–Crippen MR) is 198 cm³/mol. The van der Waals surface area contributed by atoms with E-state index >= 15 is 0 Å². The largest absolute Gasteiger partial charge is 0.223 e. The van der Waals surface area contributed by atoms with Gasteiger partial charge in [-0.3, -0.25) is 0 Å². The Morgan fingerprint density at radius 1 is 0.442 bits per heavy atom. The molecule has 6 aromatic rings. The lowest BCUT2D eigenvalue weighted by Gasteiger charge is -2.32. The van der Waals surface area contributed by atoms with E-state index in [9.17, 15) is 0 Å². The van der Waals surface area contributed by atoms with Gasteiger partial charge in [0.15, 0.2) is 0 Å². The fraction of sp³-hybridized carbons (Fsp3) is 0.179. The van der Waals surface area contributed by atoms with Gasteiger partial charge in [-0.15, -0.1) is 22.7 Å². The number of hydrogen-bond donors (Lipinski definition) is 0. The van der Waals surface area contributed by atoms with E-state index < -0.39 is 20.1 Å². The third-order valence-corrected chi connectivity index (χ3v) is 14.4. The first-order valence-corrected chi connectivity index (χ1v) is 21.9. The standard InChI is InChI=1S/C39H38S4/c1-42(2,3)31-21-13-15-27(23-31)35-25-33-37(40-35)38-34(26-36(41-38)28-16-14-22-32(24-28)43(4,5)6)39(33,29-17-9-7-10-18-29)30-19-11-8-12-20-30/h7-26H,1-6H3. The predicted octanol–water partition coefficient (Wildman–Crippen LogP) is 11.6. The van der Waals surface area contributed by atoms with Crippen molar-refractivity contribution in [2.45, 2.75) is 15.2 Å². The van der Waals surface area contributed by atoms with Gasteiger partial charge in [0.25, 0.3) is 0 Å². The number of benzene rings is 4. The van der Waals surface area contributed by atoms with Crippen molar-refractivity contribution in [2.75, 3.05) is 37.5 Å². The molecule has 0 radical (unpaired) electrons. The third-order valence-electron chi connectivity index (χ3n) is 8.54. The van der Waals surface area contributed by atoms with E-state index in [2.05, 4.69) is 159 Å². The lowest BCUT2D eigenvalue weighted by Crippen LogP contribution is -2.27. The second-order valence-corrected chi connectivity index (χ2v) is 23.3. The van der Waals surface area contributed by atoms with Crippen LogP contribution in [0.1, 0.15) is 22.3 Å². The molecule has 1 aliphatic carbocycles. The maximum Gasteiger partial charge on any atom is 0.0730 e. The summed E-state index contributed by atoms with van der Waals surface area (Å²) in [5.74, 6) is 0. The Labute approximate surface area is 268 Å². The molecule has 7 rings (SSSR count). The lowest BCUT2D eigenvalue weighted by atomic mass is 9.68. The molecule has 1 aliphatic rings. The van der Waals surface area contributed by atoms with Crippen molar-refractivity contribution >= 4 is 42.7 Å². The summed E-state index contributed by atoms with van der Waals surface area (Å²) in [6, 6.07) is 45.9. The summed E-state index contributed by atoms with van der Waals surface area (Å²) >= 11 is 3.94. The van der Waals surface area contributed by atoms with Crippen molar-refractivity contribution in [1.29, 1.82) is 0 Å². The van der Waals surface area contributed by atoms with Crippen LogP contribution in [-0.4, -0.2) is 37.5 Å². The van der Waals surface area contributed by atoms with Crippen LogP contribution in [0.2, 0.25) is 0 Å². The highest BCUT2D eigenvalue weighted by Crippen LogP contribution is 2.63. The minimum absolute atomic E-state index is 0.365. The quantitative estimate of drug-likeness (QED) is 0.171. The highest BCUT2D eigenvalue weighted by Gasteiger charge is 2.49. The molecular weight excluding hydrogens is 597 g/mol. The molecule has 43 heavy (non-hydrogen) atoms. The molecule has 218 valence electrons. The molecule has 0 fully saturated rings. The van der Waals surface area contributed by atoms with Crippen molar-refractivity contribution in [2.24, 2.45) is 0 Å². The van der Waals surface area contributed by atoms with Gasteiger partial charge >= 0.3 is 0 Å². The Morgan fingerprint density at radius 3 is 1.21 bits per heavy atom.